The Morgan fingerprint density at radius 2 is 2.38 bits per heavy atom. The first-order valence-corrected chi connectivity index (χ1v) is 2.20. The molecule has 40 valence electrons. The van der Waals surface area contributed by atoms with E-state index in [2.05, 4.69) is 4.98 Å². The average Bonchev–Trinajstić information content (AvgIpc) is 1.77. The molecule has 1 aromatic heterocycles. The van der Waals surface area contributed by atoms with Crippen molar-refractivity contribution < 1.29 is 0 Å². The first-order valence-electron chi connectivity index (χ1n) is 2.20. The zero-order chi connectivity index (χ0) is 5.98. The van der Waals surface area contributed by atoms with Crippen LogP contribution in [0.3, 0.4) is 0 Å². The zero-order valence-electron chi connectivity index (χ0n) is 4.20. The Labute approximate surface area is 47.3 Å². The van der Waals surface area contributed by atoms with Crippen LogP contribution in [0.4, 0.5) is 11.5 Å². The van der Waals surface area contributed by atoms with Crippen LogP contribution in [0, 0.1) is 0 Å². The minimum absolute atomic E-state index is 0.104. The van der Waals surface area contributed by atoms with E-state index < -0.39 is 0 Å². The van der Waals surface area contributed by atoms with Crippen LogP contribution in [-0.4, -0.2) is 4.98 Å². The van der Waals surface area contributed by atoms with Gasteiger partial charge in [0.15, 0.2) is 5.82 Å². The summed E-state index contributed by atoms with van der Waals surface area (Å²) in [5, 5.41) is 0. The van der Waals surface area contributed by atoms with E-state index in [1.54, 1.807) is 12.1 Å². The third-order valence-electron chi connectivity index (χ3n) is 0.817. The molecule has 1 heterocycles. The summed E-state index contributed by atoms with van der Waals surface area (Å²) >= 11 is 0. The lowest BCUT2D eigenvalue weighted by molar-refractivity contribution is 1.26. The molecule has 0 aliphatic heterocycles. The van der Waals surface area contributed by atoms with Gasteiger partial charge < -0.3 is 5.73 Å². The van der Waals surface area contributed by atoms with Crippen LogP contribution >= 0.6 is 0 Å². The molecule has 1 rings (SSSR count). The van der Waals surface area contributed by atoms with Gasteiger partial charge in [-0.2, -0.15) is 0 Å². The van der Waals surface area contributed by atoms with E-state index >= 15 is 0 Å². The highest BCUT2D eigenvalue weighted by molar-refractivity contribution is 5.54. The SMILES string of the molecule is [N]c1ncccc1N. The summed E-state index contributed by atoms with van der Waals surface area (Å²) in [6, 6.07) is 3.25. The molecule has 0 atom stereocenters. The van der Waals surface area contributed by atoms with E-state index in [1.807, 2.05) is 0 Å². The van der Waals surface area contributed by atoms with Gasteiger partial charge in [0.1, 0.15) is 0 Å². The minimum Gasteiger partial charge on any atom is -0.396 e. The Balaban J connectivity index is 3.13. The fourth-order valence-electron chi connectivity index (χ4n) is 0.409. The molecule has 0 bridgehead atoms. The fraction of sp³-hybridized carbons (Fsp3) is 0. The summed E-state index contributed by atoms with van der Waals surface area (Å²) in [4.78, 5) is 3.51. The molecule has 8 heavy (non-hydrogen) atoms. The fourth-order valence-corrected chi connectivity index (χ4v) is 0.409. The molecule has 0 unspecified atom stereocenters. The second-order valence-corrected chi connectivity index (χ2v) is 1.42. The van der Waals surface area contributed by atoms with Gasteiger partial charge in [0.25, 0.3) is 0 Å². The van der Waals surface area contributed by atoms with Crippen molar-refractivity contribution in [3.05, 3.63) is 18.3 Å². The number of anilines is 1. The van der Waals surface area contributed by atoms with E-state index in [-0.39, 0.29) is 5.82 Å². The first kappa shape index (κ1) is 4.90. The maximum Gasteiger partial charge on any atom is 0.197 e. The zero-order valence-corrected chi connectivity index (χ0v) is 4.20. The van der Waals surface area contributed by atoms with Gasteiger partial charge in [-0.1, -0.05) is 0 Å². The Kier molecular flexibility index (Phi) is 1.04. The van der Waals surface area contributed by atoms with Crippen molar-refractivity contribution in [1.29, 1.82) is 0 Å². The summed E-state index contributed by atoms with van der Waals surface area (Å²) in [7, 11) is 0. The van der Waals surface area contributed by atoms with Gasteiger partial charge in [0.2, 0.25) is 0 Å². The first-order chi connectivity index (χ1) is 3.80. The number of aromatic nitrogens is 1. The molecule has 3 heteroatoms. The van der Waals surface area contributed by atoms with Gasteiger partial charge in [-0.15, -0.1) is 5.73 Å². The number of hydrogen-bond donors (Lipinski definition) is 1. The quantitative estimate of drug-likeness (QED) is 0.520. The molecule has 0 fully saturated rings. The summed E-state index contributed by atoms with van der Waals surface area (Å²) in [6.07, 6.45) is 1.48. The molecule has 0 aliphatic carbocycles. The van der Waals surface area contributed by atoms with Crippen molar-refractivity contribution in [3.63, 3.8) is 0 Å². The summed E-state index contributed by atoms with van der Waals surface area (Å²) in [5.41, 5.74) is 14.2. The predicted octanol–water partition coefficient (Wildman–Crippen LogP) is 0.364. The largest absolute Gasteiger partial charge is 0.396 e. The third kappa shape index (κ3) is 0.703. The van der Waals surface area contributed by atoms with E-state index in [0.29, 0.717) is 5.69 Å². The molecule has 0 amide bonds. The maximum atomic E-state index is 8.68. The van der Waals surface area contributed by atoms with Crippen LogP contribution in [0.5, 0.6) is 0 Å². The number of rotatable bonds is 0. The van der Waals surface area contributed by atoms with Gasteiger partial charge in [-0.05, 0) is 12.1 Å². The lowest BCUT2D eigenvalue weighted by Gasteiger charge is -1.89. The van der Waals surface area contributed by atoms with Crippen LogP contribution in [0.1, 0.15) is 0 Å². The van der Waals surface area contributed by atoms with Gasteiger partial charge in [0.05, 0.1) is 5.69 Å². The highest BCUT2D eigenvalue weighted by Gasteiger charge is 1.90. The molecular weight excluding hydrogens is 102 g/mol. The smallest absolute Gasteiger partial charge is 0.197 e. The Hall–Kier alpha value is -1.25. The highest BCUT2D eigenvalue weighted by atomic mass is 14.9. The van der Waals surface area contributed by atoms with Crippen LogP contribution in [0.25, 0.3) is 0 Å². The molecule has 3 nitrogen and oxygen atoms in total. The maximum absolute atomic E-state index is 8.68. The second-order valence-electron chi connectivity index (χ2n) is 1.42. The summed E-state index contributed by atoms with van der Waals surface area (Å²) in [5.74, 6) is -0.104. The lowest BCUT2D eigenvalue weighted by atomic mass is 10.4. The number of nitrogens with two attached hydrogens (primary N) is 1. The molecule has 2 radical (unpaired) electrons. The third-order valence-corrected chi connectivity index (χ3v) is 0.817. The van der Waals surface area contributed by atoms with Crippen molar-refractivity contribution in [3.8, 4) is 0 Å². The number of nitrogens with zero attached hydrogens (tertiary/aromatic N) is 2. The molecule has 1 aromatic rings. The van der Waals surface area contributed by atoms with Gasteiger partial charge in [-0.25, -0.2) is 4.98 Å². The molecule has 0 spiro atoms. The van der Waals surface area contributed by atoms with Gasteiger partial charge in [-0.3, -0.25) is 0 Å². The Morgan fingerprint density at radius 3 is 2.75 bits per heavy atom. The number of nitrogen functional groups attached to an aromatic ring is 1. The summed E-state index contributed by atoms with van der Waals surface area (Å²) < 4.78 is 0. The van der Waals surface area contributed by atoms with Gasteiger partial charge >= 0.3 is 0 Å². The molecule has 0 aromatic carbocycles. The molecule has 0 saturated heterocycles. The average molecular weight is 107 g/mol. The van der Waals surface area contributed by atoms with E-state index in [1.165, 1.54) is 6.20 Å². The van der Waals surface area contributed by atoms with Crippen molar-refractivity contribution in [2.45, 2.75) is 0 Å². The van der Waals surface area contributed by atoms with E-state index in [4.69, 9.17) is 11.5 Å². The lowest BCUT2D eigenvalue weighted by Crippen LogP contribution is -1.87. The predicted molar refractivity (Wildman–Crippen MR) is 30.4 cm³/mol. The van der Waals surface area contributed by atoms with Crippen LogP contribution in [0.15, 0.2) is 18.3 Å². The standard InChI is InChI=1S/C5H5N3/c6-4-2-1-3-8-5(4)7/h1-3H,6H2. The van der Waals surface area contributed by atoms with Crippen molar-refractivity contribution in [2.24, 2.45) is 0 Å². The topological polar surface area (TPSA) is 61.2 Å². The molecular formula is C5H5N3. The van der Waals surface area contributed by atoms with Crippen LogP contribution < -0.4 is 11.5 Å². The van der Waals surface area contributed by atoms with E-state index in [0.717, 1.165) is 0 Å². The number of hydrogen-bond acceptors (Lipinski definition) is 2. The molecule has 2 N–H and O–H groups in total. The highest BCUT2D eigenvalue weighted by Crippen LogP contribution is 2.08. The molecule has 0 saturated carbocycles. The van der Waals surface area contributed by atoms with Crippen molar-refractivity contribution >= 4 is 11.5 Å². The second kappa shape index (κ2) is 1.69. The summed E-state index contributed by atoms with van der Waals surface area (Å²) in [6.45, 7) is 0. The van der Waals surface area contributed by atoms with Crippen LogP contribution in [0.2, 0.25) is 0 Å². The minimum atomic E-state index is -0.104. The Morgan fingerprint density at radius 1 is 1.62 bits per heavy atom. The van der Waals surface area contributed by atoms with Crippen molar-refractivity contribution in [2.75, 3.05) is 5.73 Å². The monoisotopic (exact) mass is 107 g/mol. The van der Waals surface area contributed by atoms with Gasteiger partial charge in [0, 0.05) is 6.20 Å². The van der Waals surface area contributed by atoms with Crippen LogP contribution in [-0.2, 0) is 0 Å². The normalized spacial score (nSPS) is 9.00. The molecule has 0 aliphatic rings. The van der Waals surface area contributed by atoms with E-state index in [9.17, 15) is 0 Å². The Bertz CT molecular complexity index is 164. The van der Waals surface area contributed by atoms with Crippen molar-refractivity contribution in [1.82, 2.24) is 10.7 Å². The number of pyridine rings is 1.